The minimum Gasteiger partial charge on any atom is -0.486 e. The van der Waals surface area contributed by atoms with Crippen molar-refractivity contribution in [2.75, 3.05) is 19.8 Å². The summed E-state index contributed by atoms with van der Waals surface area (Å²) in [5, 5.41) is 3.03. The van der Waals surface area contributed by atoms with Gasteiger partial charge in [0.25, 0.3) is 5.91 Å². The second kappa shape index (κ2) is 7.92. The normalized spacial score (nSPS) is 16.8. The average Bonchev–Trinajstić information content (AvgIpc) is 3.12. The average molecular weight is 380 g/mol. The summed E-state index contributed by atoms with van der Waals surface area (Å²) >= 11 is 0. The standard InChI is InChI=1S/C22H24N2O4/c1-15(17-7-8-19-20(13-17)28-11-10-27-19)23-22(26)18-5-2-4-16(12-18)14-24-9-3-6-21(24)25/h2,4-5,7-8,12-13,15H,3,6,9-11,14H2,1H3,(H,23,26). The summed E-state index contributed by atoms with van der Waals surface area (Å²) in [5.41, 5.74) is 2.51. The van der Waals surface area contributed by atoms with Crippen LogP contribution in [0.4, 0.5) is 0 Å². The van der Waals surface area contributed by atoms with Crippen molar-refractivity contribution in [1.29, 1.82) is 0 Å². The maximum atomic E-state index is 12.7. The number of fused-ring (bicyclic) bond motifs is 1. The Balaban J connectivity index is 1.43. The molecule has 2 aromatic rings. The van der Waals surface area contributed by atoms with Gasteiger partial charge in [0, 0.05) is 25.1 Å². The Morgan fingerprint density at radius 2 is 1.96 bits per heavy atom. The smallest absolute Gasteiger partial charge is 0.251 e. The molecule has 146 valence electrons. The summed E-state index contributed by atoms with van der Waals surface area (Å²) in [4.78, 5) is 26.4. The second-order valence-electron chi connectivity index (χ2n) is 7.22. The van der Waals surface area contributed by atoms with E-state index in [2.05, 4.69) is 5.32 Å². The molecule has 6 heteroatoms. The van der Waals surface area contributed by atoms with Crippen LogP contribution in [0.1, 0.15) is 47.3 Å². The highest BCUT2D eigenvalue weighted by atomic mass is 16.6. The lowest BCUT2D eigenvalue weighted by Crippen LogP contribution is -2.27. The van der Waals surface area contributed by atoms with E-state index in [0.29, 0.717) is 37.5 Å². The van der Waals surface area contributed by atoms with Crippen LogP contribution in [-0.2, 0) is 11.3 Å². The van der Waals surface area contributed by atoms with E-state index in [4.69, 9.17) is 9.47 Å². The molecule has 28 heavy (non-hydrogen) atoms. The van der Waals surface area contributed by atoms with Crippen LogP contribution in [0.25, 0.3) is 0 Å². The van der Waals surface area contributed by atoms with E-state index >= 15 is 0 Å². The number of carbonyl (C=O) groups is 2. The fourth-order valence-electron chi connectivity index (χ4n) is 3.60. The van der Waals surface area contributed by atoms with Gasteiger partial charge in [-0.2, -0.15) is 0 Å². The lowest BCUT2D eigenvalue weighted by atomic mass is 10.1. The Labute approximate surface area is 164 Å². The zero-order chi connectivity index (χ0) is 19.5. The van der Waals surface area contributed by atoms with Crippen LogP contribution in [0.3, 0.4) is 0 Å². The van der Waals surface area contributed by atoms with Gasteiger partial charge in [0.15, 0.2) is 11.5 Å². The molecule has 1 saturated heterocycles. The molecule has 4 rings (SSSR count). The fraction of sp³-hybridized carbons (Fsp3) is 0.364. The van der Waals surface area contributed by atoms with Gasteiger partial charge in [0.2, 0.25) is 5.91 Å². The first kappa shape index (κ1) is 18.3. The van der Waals surface area contributed by atoms with Crippen molar-refractivity contribution in [3.8, 4) is 11.5 Å². The van der Waals surface area contributed by atoms with E-state index < -0.39 is 0 Å². The van der Waals surface area contributed by atoms with Crippen LogP contribution in [0.5, 0.6) is 11.5 Å². The van der Waals surface area contributed by atoms with Gasteiger partial charge < -0.3 is 19.7 Å². The fourth-order valence-corrected chi connectivity index (χ4v) is 3.60. The zero-order valence-corrected chi connectivity index (χ0v) is 15.9. The van der Waals surface area contributed by atoms with E-state index in [1.807, 2.05) is 48.2 Å². The van der Waals surface area contributed by atoms with Crippen LogP contribution >= 0.6 is 0 Å². The van der Waals surface area contributed by atoms with Gasteiger partial charge in [-0.1, -0.05) is 18.2 Å². The lowest BCUT2D eigenvalue weighted by molar-refractivity contribution is -0.128. The third kappa shape index (κ3) is 3.96. The highest BCUT2D eigenvalue weighted by Crippen LogP contribution is 2.32. The molecule has 0 spiro atoms. The zero-order valence-electron chi connectivity index (χ0n) is 15.9. The number of rotatable bonds is 5. The minimum atomic E-state index is -0.174. The number of benzene rings is 2. The second-order valence-corrected chi connectivity index (χ2v) is 7.22. The summed E-state index contributed by atoms with van der Waals surface area (Å²) in [5.74, 6) is 1.49. The summed E-state index contributed by atoms with van der Waals surface area (Å²) in [6, 6.07) is 13.0. The quantitative estimate of drug-likeness (QED) is 0.866. The predicted molar refractivity (Wildman–Crippen MR) is 104 cm³/mol. The topological polar surface area (TPSA) is 67.9 Å². The maximum Gasteiger partial charge on any atom is 0.251 e. The molecule has 1 unspecified atom stereocenters. The van der Waals surface area contributed by atoms with Crippen LogP contribution in [0.15, 0.2) is 42.5 Å². The number of hydrogen-bond acceptors (Lipinski definition) is 4. The maximum absolute atomic E-state index is 12.7. The number of nitrogens with one attached hydrogen (secondary N) is 1. The van der Waals surface area contributed by atoms with Gasteiger partial charge >= 0.3 is 0 Å². The molecule has 0 aromatic heterocycles. The van der Waals surface area contributed by atoms with Crippen molar-refractivity contribution in [2.24, 2.45) is 0 Å². The molecule has 0 bridgehead atoms. The first-order chi connectivity index (χ1) is 13.6. The van der Waals surface area contributed by atoms with Crippen molar-refractivity contribution in [3.05, 3.63) is 59.2 Å². The summed E-state index contributed by atoms with van der Waals surface area (Å²) < 4.78 is 11.2. The first-order valence-corrected chi connectivity index (χ1v) is 9.67. The molecule has 2 aliphatic rings. The van der Waals surface area contributed by atoms with Gasteiger partial charge in [-0.3, -0.25) is 9.59 Å². The van der Waals surface area contributed by atoms with Gasteiger partial charge in [0.05, 0.1) is 6.04 Å². The number of likely N-dealkylation sites (tertiary alicyclic amines) is 1. The number of ether oxygens (including phenoxy) is 2. The van der Waals surface area contributed by atoms with Crippen molar-refractivity contribution >= 4 is 11.8 Å². The van der Waals surface area contributed by atoms with Crippen molar-refractivity contribution in [3.63, 3.8) is 0 Å². The Kier molecular flexibility index (Phi) is 5.19. The SMILES string of the molecule is CC(NC(=O)c1cccc(CN2CCCC2=O)c1)c1ccc2c(c1)OCCO2. The van der Waals surface area contributed by atoms with Gasteiger partial charge in [-0.05, 0) is 48.7 Å². The van der Waals surface area contributed by atoms with E-state index in [9.17, 15) is 9.59 Å². The predicted octanol–water partition coefficient (Wildman–Crippen LogP) is 3.07. The summed E-state index contributed by atoms with van der Waals surface area (Å²) in [6.45, 7) is 4.37. The molecule has 2 aromatic carbocycles. The van der Waals surface area contributed by atoms with E-state index in [-0.39, 0.29) is 17.9 Å². The number of carbonyl (C=O) groups excluding carboxylic acids is 2. The Bertz CT molecular complexity index is 896. The molecule has 1 fully saturated rings. The monoisotopic (exact) mass is 380 g/mol. The number of amides is 2. The third-order valence-corrected chi connectivity index (χ3v) is 5.15. The molecular weight excluding hydrogens is 356 g/mol. The van der Waals surface area contributed by atoms with Gasteiger partial charge in [-0.15, -0.1) is 0 Å². The Hall–Kier alpha value is -3.02. The Morgan fingerprint density at radius 3 is 2.75 bits per heavy atom. The van der Waals surface area contributed by atoms with E-state index in [1.165, 1.54) is 0 Å². The highest BCUT2D eigenvalue weighted by Gasteiger charge is 2.21. The number of nitrogens with zero attached hydrogens (tertiary/aromatic N) is 1. The summed E-state index contributed by atoms with van der Waals surface area (Å²) in [6.07, 6.45) is 1.53. The third-order valence-electron chi connectivity index (χ3n) is 5.15. The Morgan fingerprint density at radius 1 is 1.14 bits per heavy atom. The van der Waals surface area contributed by atoms with Gasteiger partial charge in [-0.25, -0.2) is 0 Å². The lowest BCUT2D eigenvalue weighted by Gasteiger charge is -2.21. The number of hydrogen-bond donors (Lipinski definition) is 1. The van der Waals surface area contributed by atoms with Crippen LogP contribution in [0.2, 0.25) is 0 Å². The summed E-state index contributed by atoms with van der Waals surface area (Å²) in [7, 11) is 0. The molecular formula is C22H24N2O4. The molecule has 6 nitrogen and oxygen atoms in total. The van der Waals surface area contributed by atoms with E-state index in [0.717, 1.165) is 29.8 Å². The van der Waals surface area contributed by atoms with E-state index in [1.54, 1.807) is 6.07 Å². The molecule has 2 aliphatic heterocycles. The van der Waals surface area contributed by atoms with Crippen molar-refractivity contribution in [1.82, 2.24) is 10.2 Å². The largest absolute Gasteiger partial charge is 0.486 e. The van der Waals surface area contributed by atoms with Crippen molar-refractivity contribution in [2.45, 2.75) is 32.4 Å². The van der Waals surface area contributed by atoms with Gasteiger partial charge in [0.1, 0.15) is 13.2 Å². The molecule has 2 amide bonds. The minimum absolute atomic E-state index is 0.142. The molecule has 0 aliphatic carbocycles. The van der Waals surface area contributed by atoms with Crippen LogP contribution in [0, 0.1) is 0 Å². The van der Waals surface area contributed by atoms with Crippen LogP contribution in [-0.4, -0.2) is 36.5 Å². The molecule has 2 heterocycles. The molecule has 0 radical (unpaired) electrons. The molecule has 0 saturated carbocycles. The molecule has 1 N–H and O–H groups in total. The highest BCUT2D eigenvalue weighted by molar-refractivity contribution is 5.94. The van der Waals surface area contributed by atoms with Crippen LogP contribution < -0.4 is 14.8 Å². The van der Waals surface area contributed by atoms with Crippen molar-refractivity contribution < 1.29 is 19.1 Å². The first-order valence-electron chi connectivity index (χ1n) is 9.67. The molecule has 1 atom stereocenters.